The fourth-order valence-corrected chi connectivity index (χ4v) is 2.80. The van der Waals surface area contributed by atoms with Crippen molar-refractivity contribution < 1.29 is 19.7 Å². The first kappa shape index (κ1) is 17.2. The summed E-state index contributed by atoms with van der Waals surface area (Å²) in [7, 11) is 0. The molecule has 0 bridgehead atoms. The molecule has 4 aromatic rings. The molecule has 0 fully saturated rings. The second-order valence-electron chi connectivity index (χ2n) is 5.84. The smallest absolute Gasteiger partial charge is 0.260 e. The third-order valence-corrected chi connectivity index (χ3v) is 3.98. The fraction of sp³-hybridized carbons (Fsp3) is 0. The van der Waals surface area contributed by atoms with Crippen LogP contribution in [0.15, 0.2) is 91.0 Å². The average Bonchev–Trinajstić information content (AvgIpc) is 3.07. The Kier molecular flexibility index (Phi) is 4.67. The molecular formula is C20H17N5O3+2. The van der Waals surface area contributed by atoms with Crippen molar-refractivity contribution in [3.8, 4) is 17.4 Å². The maximum absolute atomic E-state index is 11.3. The molecule has 0 aliphatic rings. The number of para-hydroxylation sites is 3. The molecule has 0 amide bonds. The number of benzene rings is 3. The summed E-state index contributed by atoms with van der Waals surface area (Å²) >= 11 is 0. The maximum Gasteiger partial charge on any atom is 0.489 e. The molecule has 4 rings (SSSR count). The summed E-state index contributed by atoms with van der Waals surface area (Å²) in [6, 6.07) is 27.9. The van der Waals surface area contributed by atoms with Gasteiger partial charge in [0, 0.05) is 5.10 Å². The van der Waals surface area contributed by atoms with Crippen LogP contribution in [0.1, 0.15) is 0 Å². The van der Waals surface area contributed by atoms with Gasteiger partial charge < -0.3 is 0 Å². The zero-order valence-corrected chi connectivity index (χ0v) is 14.7. The van der Waals surface area contributed by atoms with E-state index in [4.69, 9.17) is 4.84 Å². The van der Waals surface area contributed by atoms with E-state index in [1.54, 1.807) is 4.57 Å². The van der Waals surface area contributed by atoms with Crippen LogP contribution in [-0.2, 0) is 0 Å². The lowest BCUT2D eigenvalue weighted by atomic mass is 10.3. The van der Waals surface area contributed by atoms with Crippen LogP contribution in [0, 0.1) is 4.91 Å². The van der Waals surface area contributed by atoms with Gasteiger partial charge in [0.25, 0.3) is 0 Å². The Morgan fingerprint density at radius 3 is 2.07 bits per heavy atom. The van der Waals surface area contributed by atoms with Crippen LogP contribution in [0.4, 0.5) is 11.6 Å². The standard InChI is InChI=1S/C20H17N5O3/c26-25(27)28-20-23(17-12-6-2-7-13-17)19(21-16-10-4-1-5-11-16)22-24(20)18-14-8-3-9-15-18/h1-15H,(H,21,22)(H,26,27)/q+2. The number of nitrogens with one attached hydrogen (secondary N) is 1. The van der Waals surface area contributed by atoms with Crippen molar-refractivity contribution in [1.29, 1.82) is 0 Å². The van der Waals surface area contributed by atoms with E-state index in [1.165, 1.54) is 4.68 Å². The van der Waals surface area contributed by atoms with Crippen molar-refractivity contribution >= 4 is 11.6 Å². The lowest BCUT2D eigenvalue weighted by Gasteiger charge is -2.02. The van der Waals surface area contributed by atoms with Gasteiger partial charge in [0.15, 0.2) is 0 Å². The van der Waals surface area contributed by atoms with Crippen molar-refractivity contribution in [1.82, 2.24) is 9.78 Å². The second kappa shape index (κ2) is 7.58. The van der Waals surface area contributed by atoms with Gasteiger partial charge in [-0.05, 0) is 36.4 Å². The molecule has 1 aromatic heterocycles. The van der Waals surface area contributed by atoms with Crippen molar-refractivity contribution in [2.45, 2.75) is 0 Å². The van der Waals surface area contributed by atoms with E-state index >= 15 is 0 Å². The SMILES string of the molecule is O=[N+](O)Oc1n(-c2ccccc2)nc(Nc2ccccc2)[n+]1-c1ccccc1. The first-order chi connectivity index (χ1) is 13.7. The molecule has 2 N–H and O–H groups in total. The molecule has 8 nitrogen and oxygen atoms in total. The summed E-state index contributed by atoms with van der Waals surface area (Å²) in [5, 5.41) is 16.4. The molecule has 0 atom stereocenters. The summed E-state index contributed by atoms with van der Waals surface area (Å²) in [6.45, 7) is 0. The third kappa shape index (κ3) is 3.51. The summed E-state index contributed by atoms with van der Waals surface area (Å²) in [4.78, 5) is 16.4. The van der Waals surface area contributed by atoms with Crippen molar-refractivity contribution in [2.75, 3.05) is 5.32 Å². The van der Waals surface area contributed by atoms with Crippen LogP contribution in [-0.4, -0.2) is 20.1 Å². The van der Waals surface area contributed by atoms with Gasteiger partial charge in [0.1, 0.15) is 10.6 Å². The van der Waals surface area contributed by atoms with Crippen LogP contribution in [0.3, 0.4) is 0 Å². The van der Waals surface area contributed by atoms with Gasteiger partial charge in [0.05, 0.1) is 11.4 Å². The molecule has 8 heteroatoms. The van der Waals surface area contributed by atoms with Gasteiger partial charge in [-0.1, -0.05) is 64.1 Å². The van der Waals surface area contributed by atoms with Crippen molar-refractivity contribution in [3.05, 3.63) is 95.9 Å². The van der Waals surface area contributed by atoms with Gasteiger partial charge in [-0.3, -0.25) is 5.32 Å². The molecule has 1 heterocycles. The van der Waals surface area contributed by atoms with Crippen molar-refractivity contribution in [3.63, 3.8) is 0 Å². The van der Waals surface area contributed by atoms with E-state index in [-0.39, 0.29) is 6.01 Å². The minimum atomic E-state index is -0.595. The van der Waals surface area contributed by atoms with E-state index in [9.17, 15) is 10.1 Å². The highest BCUT2D eigenvalue weighted by molar-refractivity contribution is 5.52. The minimum absolute atomic E-state index is 0.00771. The summed E-state index contributed by atoms with van der Waals surface area (Å²) < 4.78 is 3.03. The number of hydrogen-bond acceptors (Lipinski definition) is 4. The Balaban J connectivity index is 1.93. The first-order valence-electron chi connectivity index (χ1n) is 8.54. The first-order valence-corrected chi connectivity index (χ1v) is 8.54. The lowest BCUT2D eigenvalue weighted by molar-refractivity contribution is -0.956. The monoisotopic (exact) mass is 375 g/mol. The summed E-state index contributed by atoms with van der Waals surface area (Å²) in [5.74, 6) is 0.401. The fourth-order valence-electron chi connectivity index (χ4n) is 2.80. The number of nitrogens with zero attached hydrogens (tertiary/aromatic N) is 4. The summed E-state index contributed by atoms with van der Waals surface area (Å²) in [6.07, 6.45) is 0. The molecular weight excluding hydrogens is 358 g/mol. The van der Waals surface area contributed by atoms with Gasteiger partial charge >= 0.3 is 17.0 Å². The van der Waals surface area contributed by atoms with Crippen molar-refractivity contribution in [2.24, 2.45) is 0 Å². The Labute approximate surface area is 160 Å². The van der Waals surface area contributed by atoms with E-state index in [0.29, 0.717) is 17.3 Å². The van der Waals surface area contributed by atoms with Gasteiger partial charge in [-0.2, -0.15) is 5.21 Å². The Bertz CT molecular complexity index is 1080. The van der Waals surface area contributed by atoms with E-state index in [1.807, 2.05) is 91.0 Å². The molecule has 0 radical (unpaired) electrons. The lowest BCUT2D eigenvalue weighted by Crippen LogP contribution is -2.35. The molecule has 0 aliphatic heterocycles. The molecule has 0 aliphatic carbocycles. The molecule has 0 unspecified atom stereocenters. The molecule has 0 spiro atoms. The highest BCUT2D eigenvalue weighted by Gasteiger charge is 2.34. The van der Waals surface area contributed by atoms with E-state index in [2.05, 4.69) is 10.4 Å². The molecule has 138 valence electrons. The topological polar surface area (TPSA) is 83.3 Å². The van der Waals surface area contributed by atoms with Crippen LogP contribution in [0.2, 0.25) is 0 Å². The van der Waals surface area contributed by atoms with Crippen LogP contribution in [0.25, 0.3) is 11.4 Å². The molecule has 0 saturated carbocycles. The second-order valence-corrected chi connectivity index (χ2v) is 5.84. The van der Waals surface area contributed by atoms with Gasteiger partial charge in [-0.25, -0.2) is 0 Å². The Morgan fingerprint density at radius 2 is 1.46 bits per heavy atom. The Hall–Kier alpha value is -4.20. The predicted octanol–water partition coefficient (Wildman–Crippen LogP) is 3.35. The number of hydrogen-bond donors (Lipinski definition) is 2. The van der Waals surface area contributed by atoms with Crippen LogP contribution in [0.5, 0.6) is 6.01 Å². The van der Waals surface area contributed by atoms with E-state index in [0.717, 1.165) is 5.69 Å². The third-order valence-electron chi connectivity index (χ3n) is 3.98. The number of aromatic nitrogens is 3. The number of rotatable bonds is 6. The highest BCUT2D eigenvalue weighted by atomic mass is 17.0. The normalized spacial score (nSPS) is 10.4. The molecule has 0 saturated heterocycles. The predicted molar refractivity (Wildman–Crippen MR) is 101 cm³/mol. The zero-order valence-electron chi connectivity index (χ0n) is 14.7. The van der Waals surface area contributed by atoms with Gasteiger partial charge in [-0.15, -0.1) is 4.57 Å². The quantitative estimate of drug-likeness (QED) is 0.399. The van der Waals surface area contributed by atoms with Crippen LogP contribution < -0.4 is 14.7 Å². The Morgan fingerprint density at radius 1 is 0.893 bits per heavy atom. The highest BCUT2D eigenvalue weighted by Crippen LogP contribution is 2.21. The number of anilines is 2. The average molecular weight is 375 g/mol. The largest absolute Gasteiger partial charge is 0.489 e. The van der Waals surface area contributed by atoms with Crippen LogP contribution >= 0.6 is 0 Å². The molecule has 28 heavy (non-hydrogen) atoms. The van der Waals surface area contributed by atoms with Gasteiger partial charge in [0.2, 0.25) is 0 Å². The van der Waals surface area contributed by atoms with E-state index < -0.39 is 5.09 Å². The minimum Gasteiger partial charge on any atom is -0.260 e. The molecule has 3 aromatic carbocycles. The zero-order chi connectivity index (χ0) is 19.3. The summed E-state index contributed by atoms with van der Waals surface area (Å²) in [5.41, 5.74) is 2.16. The maximum atomic E-state index is 11.3.